The number of rotatable bonds is 8. The van der Waals surface area contributed by atoms with Crippen LogP contribution in [0.15, 0.2) is 65.5 Å². The van der Waals surface area contributed by atoms with Crippen LogP contribution in [0.5, 0.6) is 0 Å². The van der Waals surface area contributed by atoms with E-state index < -0.39 is 0 Å². The van der Waals surface area contributed by atoms with Crippen molar-refractivity contribution in [3.05, 3.63) is 99.2 Å². The highest BCUT2D eigenvalue weighted by molar-refractivity contribution is 5.83. The van der Waals surface area contributed by atoms with Gasteiger partial charge in [-0.1, -0.05) is 56.3 Å². The first-order chi connectivity index (χ1) is 14.9. The molecule has 0 spiro atoms. The lowest BCUT2D eigenvalue weighted by Crippen LogP contribution is -2.28. The summed E-state index contributed by atoms with van der Waals surface area (Å²) in [6.45, 7) is 4.44. The number of carbonyl (C=O) groups is 1. The number of aromatic nitrogens is 1. The molecule has 0 unspecified atom stereocenters. The predicted octanol–water partition coefficient (Wildman–Crippen LogP) is 5.24. The van der Waals surface area contributed by atoms with Gasteiger partial charge in [-0.2, -0.15) is 0 Å². The molecular weight excluding hydrogens is 393 g/mol. The first-order valence-corrected chi connectivity index (χ1v) is 10.2. The Balaban J connectivity index is 2.18. The van der Waals surface area contributed by atoms with Gasteiger partial charge >= 0.3 is 0 Å². The van der Waals surface area contributed by atoms with E-state index in [4.69, 9.17) is 4.74 Å². The van der Waals surface area contributed by atoms with Gasteiger partial charge in [-0.25, -0.2) is 4.39 Å². The summed E-state index contributed by atoms with van der Waals surface area (Å²) < 4.78 is 21.1. The van der Waals surface area contributed by atoms with Crippen molar-refractivity contribution in [2.24, 2.45) is 7.05 Å². The largest absolute Gasteiger partial charge is 0.372 e. The van der Waals surface area contributed by atoms with Crippen LogP contribution in [0.25, 0.3) is 17.2 Å². The molecule has 0 saturated carbocycles. The number of hydrogen-bond acceptors (Lipinski definition) is 3. The Morgan fingerprint density at radius 2 is 1.71 bits per heavy atom. The molecule has 0 radical (unpaired) electrons. The van der Waals surface area contributed by atoms with Crippen molar-refractivity contribution in [1.29, 1.82) is 0 Å². The number of aldehydes is 1. The summed E-state index contributed by atoms with van der Waals surface area (Å²) in [4.78, 5) is 24.4. The normalized spacial score (nSPS) is 11.4. The zero-order valence-corrected chi connectivity index (χ0v) is 18.0. The number of allylic oxidation sites excluding steroid dienone is 1. The topological polar surface area (TPSA) is 48.3 Å². The molecule has 2 aromatic carbocycles. The Morgan fingerprint density at radius 1 is 1.03 bits per heavy atom. The highest BCUT2D eigenvalue weighted by Gasteiger charge is 2.22. The summed E-state index contributed by atoms with van der Waals surface area (Å²) in [5.74, 6) is -0.328. The van der Waals surface area contributed by atoms with E-state index in [0.29, 0.717) is 29.6 Å². The van der Waals surface area contributed by atoms with E-state index in [1.54, 1.807) is 29.8 Å². The molecule has 1 aromatic heterocycles. The second kappa shape index (κ2) is 10.1. The number of pyridine rings is 1. The van der Waals surface area contributed by atoms with Crippen molar-refractivity contribution in [2.45, 2.75) is 33.0 Å². The SMILES string of the molecule is CC(C)c1c(/C=C/C=O)c(-c2ccc(F)cc2)c(COCc2ccccc2)c(=O)n1C. The molecule has 0 aliphatic rings. The number of halogens is 1. The van der Waals surface area contributed by atoms with Gasteiger partial charge in [0.25, 0.3) is 5.56 Å². The van der Waals surface area contributed by atoms with Gasteiger partial charge in [-0.15, -0.1) is 0 Å². The van der Waals surface area contributed by atoms with Crippen LogP contribution < -0.4 is 5.56 Å². The van der Waals surface area contributed by atoms with Crippen LogP contribution in [0.1, 0.15) is 42.1 Å². The third kappa shape index (κ3) is 5.06. The Kier molecular flexibility index (Phi) is 7.32. The molecule has 3 rings (SSSR count). The summed E-state index contributed by atoms with van der Waals surface area (Å²) in [5, 5.41) is 0. The average molecular weight is 419 g/mol. The summed E-state index contributed by atoms with van der Waals surface area (Å²) in [7, 11) is 1.73. The smallest absolute Gasteiger partial charge is 0.256 e. The maximum atomic E-state index is 13.6. The second-order valence-electron chi connectivity index (χ2n) is 7.65. The molecule has 160 valence electrons. The molecule has 0 N–H and O–H groups in total. The first kappa shape index (κ1) is 22.4. The molecule has 31 heavy (non-hydrogen) atoms. The molecule has 0 saturated heterocycles. The molecule has 1 heterocycles. The minimum Gasteiger partial charge on any atom is -0.372 e. The van der Waals surface area contributed by atoms with Gasteiger partial charge < -0.3 is 9.30 Å². The van der Waals surface area contributed by atoms with Crippen LogP contribution in [0, 0.1) is 5.82 Å². The lowest BCUT2D eigenvalue weighted by Gasteiger charge is -2.22. The average Bonchev–Trinajstić information content (AvgIpc) is 2.76. The van der Waals surface area contributed by atoms with E-state index >= 15 is 0 Å². The lowest BCUT2D eigenvalue weighted by molar-refractivity contribution is -0.104. The van der Waals surface area contributed by atoms with E-state index in [9.17, 15) is 14.0 Å². The summed E-state index contributed by atoms with van der Waals surface area (Å²) in [6, 6.07) is 15.7. The predicted molar refractivity (Wildman–Crippen MR) is 121 cm³/mol. The molecule has 0 aliphatic carbocycles. The van der Waals surface area contributed by atoms with Crippen molar-refractivity contribution in [3.63, 3.8) is 0 Å². The quantitative estimate of drug-likeness (QED) is 0.370. The van der Waals surface area contributed by atoms with Crippen LogP contribution >= 0.6 is 0 Å². The second-order valence-corrected chi connectivity index (χ2v) is 7.65. The van der Waals surface area contributed by atoms with Crippen LogP contribution in [-0.2, 0) is 29.8 Å². The Morgan fingerprint density at radius 3 is 2.32 bits per heavy atom. The van der Waals surface area contributed by atoms with Crippen molar-refractivity contribution in [3.8, 4) is 11.1 Å². The minimum absolute atomic E-state index is 0.0301. The van der Waals surface area contributed by atoms with E-state index in [-0.39, 0.29) is 23.9 Å². The Hall–Kier alpha value is -3.31. The van der Waals surface area contributed by atoms with E-state index in [1.807, 2.05) is 44.2 Å². The number of hydrogen-bond donors (Lipinski definition) is 0. The monoisotopic (exact) mass is 419 g/mol. The highest BCUT2D eigenvalue weighted by atomic mass is 19.1. The molecule has 0 amide bonds. The van der Waals surface area contributed by atoms with Crippen LogP contribution in [0.2, 0.25) is 0 Å². The van der Waals surface area contributed by atoms with Crippen LogP contribution in [0.3, 0.4) is 0 Å². The van der Waals surface area contributed by atoms with Crippen molar-refractivity contribution in [1.82, 2.24) is 4.57 Å². The summed E-state index contributed by atoms with van der Waals surface area (Å²) in [6.07, 6.45) is 3.82. The number of carbonyl (C=O) groups excluding carboxylic acids is 1. The van der Waals surface area contributed by atoms with Gasteiger partial charge in [0.1, 0.15) is 12.1 Å². The third-order valence-corrected chi connectivity index (χ3v) is 5.15. The van der Waals surface area contributed by atoms with Crippen LogP contribution in [0.4, 0.5) is 4.39 Å². The molecule has 0 fully saturated rings. The Labute approximate surface area is 181 Å². The van der Waals surface area contributed by atoms with Crippen molar-refractivity contribution >= 4 is 12.4 Å². The standard InChI is InChI=1S/C26H26FNO3/c1-18(2)25-22(10-7-15-29)24(20-11-13-21(27)14-12-20)23(26(30)28(25)3)17-31-16-19-8-5-4-6-9-19/h4-15,18H,16-17H2,1-3H3/b10-7+. The molecule has 4 nitrogen and oxygen atoms in total. The fraction of sp³-hybridized carbons (Fsp3) is 0.231. The Bertz CT molecular complexity index is 1130. The molecular formula is C26H26FNO3. The van der Waals surface area contributed by atoms with Crippen LogP contribution in [-0.4, -0.2) is 10.9 Å². The molecule has 0 atom stereocenters. The van der Waals surface area contributed by atoms with Gasteiger partial charge in [0.2, 0.25) is 0 Å². The zero-order chi connectivity index (χ0) is 22.4. The lowest BCUT2D eigenvalue weighted by atomic mass is 9.90. The van der Waals surface area contributed by atoms with Gasteiger partial charge in [-0.05, 0) is 41.3 Å². The highest BCUT2D eigenvalue weighted by Crippen LogP contribution is 2.33. The van der Waals surface area contributed by atoms with Gasteiger partial charge in [-0.3, -0.25) is 9.59 Å². The van der Waals surface area contributed by atoms with Crippen molar-refractivity contribution < 1.29 is 13.9 Å². The maximum Gasteiger partial charge on any atom is 0.256 e. The fourth-order valence-electron chi connectivity index (χ4n) is 3.82. The zero-order valence-electron chi connectivity index (χ0n) is 18.0. The number of benzene rings is 2. The fourth-order valence-corrected chi connectivity index (χ4v) is 3.82. The summed E-state index contributed by atoms with van der Waals surface area (Å²) >= 11 is 0. The van der Waals surface area contributed by atoms with Gasteiger partial charge in [0, 0.05) is 23.9 Å². The minimum atomic E-state index is -0.358. The van der Waals surface area contributed by atoms with Gasteiger partial charge in [0.15, 0.2) is 0 Å². The van der Waals surface area contributed by atoms with Crippen molar-refractivity contribution in [2.75, 3.05) is 0 Å². The maximum absolute atomic E-state index is 13.6. The first-order valence-electron chi connectivity index (χ1n) is 10.2. The summed E-state index contributed by atoms with van der Waals surface area (Å²) in [5.41, 5.74) is 4.23. The van der Waals surface area contributed by atoms with E-state index in [0.717, 1.165) is 16.8 Å². The van der Waals surface area contributed by atoms with E-state index in [1.165, 1.54) is 18.2 Å². The van der Waals surface area contributed by atoms with E-state index in [2.05, 4.69) is 0 Å². The molecule has 0 aliphatic heterocycles. The third-order valence-electron chi connectivity index (χ3n) is 5.15. The molecule has 3 aromatic rings. The number of nitrogens with zero attached hydrogens (tertiary/aromatic N) is 1. The number of ether oxygens (including phenoxy) is 1. The molecule has 0 bridgehead atoms. The molecule has 5 heteroatoms. The van der Waals surface area contributed by atoms with Gasteiger partial charge in [0.05, 0.1) is 18.8 Å².